The van der Waals surface area contributed by atoms with Gasteiger partial charge in [-0.05, 0) is 52.5 Å². The maximum absolute atomic E-state index is 12.3. The summed E-state index contributed by atoms with van der Waals surface area (Å²) in [5.41, 5.74) is 0.402. The highest BCUT2D eigenvalue weighted by Crippen LogP contribution is 2.29. The van der Waals surface area contributed by atoms with Gasteiger partial charge in [0, 0.05) is 25.1 Å². The molecule has 1 aliphatic carbocycles. The molecule has 2 N–H and O–H groups in total. The molecule has 7 heteroatoms. The number of benzene rings is 1. The predicted molar refractivity (Wildman–Crippen MR) is 111 cm³/mol. The maximum Gasteiger partial charge on any atom is 0.407 e. The zero-order valence-corrected chi connectivity index (χ0v) is 18.1. The van der Waals surface area contributed by atoms with Crippen molar-refractivity contribution >= 4 is 12.2 Å². The average Bonchev–Trinajstić information content (AvgIpc) is 2.66. The molecule has 1 aromatic rings. The van der Waals surface area contributed by atoms with E-state index in [4.69, 9.17) is 14.2 Å². The summed E-state index contributed by atoms with van der Waals surface area (Å²) in [6.07, 6.45) is 1.23. The molecule has 0 aliphatic heterocycles. The summed E-state index contributed by atoms with van der Waals surface area (Å²) in [5.74, 6) is 0.0537. The van der Waals surface area contributed by atoms with Crippen molar-refractivity contribution in [1.82, 2.24) is 10.6 Å². The Hall–Kier alpha value is -2.28. The largest absolute Gasteiger partial charge is 0.445 e. The van der Waals surface area contributed by atoms with E-state index in [1.807, 2.05) is 58.0 Å². The van der Waals surface area contributed by atoms with Gasteiger partial charge in [-0.3, -0.25) is 0 Å². The summed E-state index contributed by atoms with van der Waals surface area (Å²) < 4.78 is 16.2. The van der Waals surface area contributed by atoms with Crippen LogP contribution in [0.2, 0.25) is 0 Å². The Kier molecular flexibility index (Phi) is 8.32. The number of carbonyl (C=O) groups is 2. The minimum atomic E-state index is -0.537. The van der Waals surface area contributed by atoms with Crippen LogP contribution in [-0.4, -0.2) is 43.1 Å². The van der Waals surface area contributed by atoms with E-state index in [0.29, 0.717) is 6.42 Å². The zero-order valence-electron chi connectivity index (χ0n) is 18.1. The van der Waals surface area contributed by atoms with Crippen LogP contribution in [0.4, 0.5) is 9.59 Å². The molecule has 0 saturated heterocycles. The first-order valence-electron chi connectivity index (χ1n) is 10.2. The Labute approximate surface area is 173 Å². The molecule has 0 spiro atoms. The standard InChI is InChI=1S/C22H34N2O5/c1-15(27-5)18-13-17(23-21(26)29-22(2,3)4)11-12-19(18)24-20(25)28-14-16-9-7-6-8-10-16/h6-10,15,17-19H,11-14H2,1-5H3,(H,23,26)(H,24,25)/t15?,17?,18?,19-/m1/s1. The van der Waals surface area contributed by atoms with Gasteiger partial charge in [-0.25, -0.2) is 9.59 Å². The van der Waals surface area contributed by atoms with Crippen LogP contribution in [-0.2, 0) is 20.8 Å². The van der Waals surface area contributed by atoms with Gasteiger partial charge in [-0.1, -0.05) is 30.3 Å². The van der Waals surface area contributed by atoms with Crippen molar-refractivity contribution in [2.24, 2.45) is 5.92 Å². The number of hydrogen-bond acceptors (Lipinski definition) is 5. The highest BCUT2D eigenvalue weighted by atomic mass is 16.6. The monoisotopic (exact) mass is 406 g/mol. The number of methoxy groups -OCH3 is 1. The fraction of sp³-hybridized carbons (Fsp3) is 0.636. The van der Waals surface area contributed by atoms with E-state index in [2.05, 4.69) is 10.6 Å². The Balaban J connectivity index is 1.89. The van der Waals surface area contributed by atoms with Gasteiger partial charge in [0.15, 0.2) is 0 Å². The third-order valence-electron chi connectivity index (χ3n) is 5.11. The van der Waals surface area contributed by atoms with Crippen molar-refractivity contribution in [3.63, 3.8) is 0 Å². The molecule has 1 aromatic carbocycles. The molecule has 29 heavy (non-hydrogen) atoms. The number of ether oxygens (including phenoxy) is 3. The molecular weight excluding hydrogens is 372 g/mol. The van der Waals surface area contributed by atoms with Crippen LogP contribution in [0.1, 0.15) is 52.5 Å². The van der Waals surface area contributed by atoms with E-state index < -0.39 is 17.8 Å². The second-order valence-electron chi connectivity index (χ2n) is 8.57. The minimum absolute atomic E-state index is 0.0224. The Morgan fingerprint density at radius 1 is 1.10 bits per heavy atom. The minimum Gasteiger partial charge on any atom is -0.445 e. The Morgan fingerprint density at radius 2 is 1.79 bits per heavy atom. The fourth-order valence-corrected chi connectivity index (χ4v) is 3.60. The normalized spacial score (nSPS) is 23.0. The number of carbonyl (C=O) groups excluding carboxylic acids is 2. The molecule has 3 unspecified atom stereocenters. The molecule has 1 aliphatic rings. The zero-order chi connectivity index (χ0) is 21.4. The topological polar surface area (TPSA) is 85.9 Å². The van der Waals surface area contributed by atoms with Crippen LogP contribution >= 0.6 is 0 Å². The highest BCUT2D eigenvalue weighted by molar-refractivity contribution is 5.68. The lowest BCUT2D eigenvalue weighted by atomic mass is 9.78. The molecule has 1 saturated carbocycles. The van der Waals surface area contributed by atoms with Crippen LogP contribution in [0.3, 0.4) is 0 Å². The summed E-state index contributed by atoms with van der Waals surface area (Å²) in [7, 11) is 1.65. The molecule has 2 rings (SSSR count). The van der Waals surface area contributed by atoms with Crippen LogP contribution in [0.5, 0.6) is 0 Å². The number of rotatable bonds is 6. The molecule has 2 amide bonds. The van der Waals surface area contributed by atoms with E-state index >= 15 is 0 Å². The first kappa shape index (κ1) is 23.0. The summed E-state index contributed by atoms with van der Waals surface area (Å²) in [5, 5.41) is 5.93. The molecule has 0 heterocycles. The van der Waals surface area contributed by atoms with E-state index in [0.717, 1.165) is 18.4 Å². The molecule has 0 aromatic heterocycles. The smallest absolute Gasteiger partial charge is 0.407 e. The third kappa shape index (κ3) is 7.93. The van der Waals surface area contributed by atoms with Crippen molar-refractivity contribution in [2.75, 3.05) is 7.11 Å². The van der Waals surface area contributed by atoms with Crippen LogP contribution < -0.4 is 10.6 Å². The quantitative estimate of drug-likeness (QED) is 0.745. The Morgan fingerprint density at radius 3 is 2.41 bits per heavy atom. The van der Waals surface area contributed by atoms with Gasteiger partial charge in [-0.2, -0.15) is 0 Å². The lowest BCUT2D eigenvalue weighted by Crippen LogP contribution is -2.52. The Bertz CT molecular complexity index is 659. The number of hydrogen-bond donors (Lipinski definition) is 2. The van der Waals surface area contributed by atoms with Gasteiger partial charge in [0.25, 0.3) is 0 Å². The average molecular weight is 407 g/mol. The van der Waals surface area contributed by atoms with Gasteiger partial charge >= 0.3 is 12.2 Å². The third-order valence-corrected chi connectivity index (χ3v) is 5.11. The SMILES string of the molecule is COC(C)C1CC(NC(=O)OC(C)(C)C)CC[C@H]1NC(=O)OCc1ccccc1. The second-order valence-corrected chi connectivity index (χ2v) is 8.57. The van der Waals surface area contributed by atoms with Crippen molar-refractivity contribution in [2.45, 2.75) is 77.4 Å². The first-order valence-corrected chi connectivity index (χ1v) is 10.2. The molecule has 162 valence electrons. The van der Waals surface area contributed by atoms with Gasteiger partial charge in [0.05, 0.1) is 6.10 Å². The van der Waals surface area contributed by atoms with Gasteiger partial charge in [-0.15, -0.1) is 0 Å². The predicted octanol–water partition coefficient (Wildman–Crippen LogP) is 4.01. The summed E-state index contributed by atoms with van der Waals surface area (Å²) >= 11 is 0. The van der Waals surface area contributed by atoms with Crippen LogP contribution in [0.25, 0.3) is 0 Å². The lowest BCUT2D eigenvalue weighted by molar-refractivity contribution is 0.0194. The van der Waals surface area contributed by atoms with Crippen LogP contribution in [0.15, 0.2) is 30.3 Å². The number of amides is 2. The molecule has 0 radical (unpaired) electrons. The van der Waals surface area contributed by atoms with Gasteiger partial charge in [0.1, 0.15) is 12.2 Å². The molecule has 1 fully saturated rings. The molecular formula is C22H34N2O5. The summed E-state index contributed by atoms with van der Waals surface area (Å²) in [6, 6.07) is 9.46. The van der Waals surface area contributed by atoms with E-state index in [9.17, 15) is 9.59 Å². The van der Waals surface area contributed by atoms with E-state index in [1.54, 1.807) is 7.11 Å². The summed E-state index contributed by atoms with van der Waals surface area (Å²) in [4.78, 5) is 24.4. The number of alkyl carbamates (subject to hydrolysis) is 2. The van der Waals surface area contributed by atoms with E-state index in [-0.39, 0.29) is 30.7 Å². The summed E-state index contributed by atoms with van der Waals surface area (Å²) in [6.45, 7) is 7.72. The second kappa shape index (κ2) is 10.5. The molecule has 4 atom stereocenters. The van der Waals surface area contributed by atoms with Crippen LogP contribution in [0, 0.1) is 5.92 Å². The number of nitrogens with one attached hydrogen (secondary N) is 2. The lowest BCUT2D eigenvalue weighted by Gasteiger charge is -2.39. The van der Waals surface area contributed by atoms with Gasteiger partial charge < -0.3 is 24.8 Å². The maximum atomic E-state index is 12.3. The highest BCUT2D eigenvalue weighted by Gasteiger charge is 2.36. The van der Waals surface area contributed by atoms with E-state index in [1.165, 1.54) is 0 Å². The molecule has 7 nitrogen and oxygen atoms in total. The molecule has 0 bridgehead atoms. The van der Waals surface area contributed by atoms with Crippen molar-refractivity contribution in [3.8, 4) is 0 Å². The van der Waals surface area contributed by atoms with Crippen molar-refractivity contribution in [3.05, 3.63) is 35.9 Å². The van der Waals surface area contributed by atoms with Gasteiger partial charge in [0.2, 0.25) is 0 Å². The van der Waals surface area contributed by atoms with Crippen molar-refractivity contribution < 1.29 is 23.8 Å². The first-order chi connectivity index (χ1) is 13.7. The van der Waals surface area contributed by atoms with Crippen molar-refractivity contribution in [1.29, 1.82) is 0 Å². The fourth-order valence-electron chi connectivity index (χ4n) is 3.60.